The Hall–Kier alpha value is -3.34. The van der Waals surface area contributed by atoms with Crippen molar-refractivity contribution < 1.29 is 4.79 Å². The molecule has 2 N–H and O–H groups in total. The van der Waals surface area contributed by atoms with E-state index in [1.807, 2.05) is 36.3 Å². The number of aromatic nitrogens is 3. The second-order valence-corrected chi connectivity index (χ2v) is 6.56. The summed E-state index contributed by atoms with van der Waals surface area (Å²) in [6.07, 6.45) is 7.21. The molecule has 0 saturated carbocycles. The van der Waals surface area contributed by atoms with Crippen molar-refractivity contribution in [2.75, 3.05) is 5.32 Å². The molecule has 0 unspecified atom stereocenters. The molecule has 136 valence electrons. The summed E-state index contributed by atoms with van der Waals surface area (Å²) in [5, 5.41) is 8.45. The lowest BCUT2D eigenvalue weighted by atomic mass is 10.1. The van der Waals surface area contributed by atoms with Gasteiger partial charge in [-0.1, -0.05) is 32.0 Å². The molecule has 0 saturated heterocycles. The Balaban J connectivity index is 1.67. The molecule has 5 nitrogen and oxygen atoms in total. The number of fused-ring (bicyclic) bond motifs is 1. The number of nitrogens with one attached hydrogen (secondary N) is 2. The first-order valence-corrected chi connectivity index (χ1v) is 9.23. The molecule has 5 heteroatoms. The van der Waals surface area contributed by atoms with Gasteiger partial charge in [0.2, 0.25) is 5.91 Å². The summed E-state index contributed by atoms with van der Waals surface area (Å²) >= 11 is 0. The van der Waals surface area contributed by atoms with Crippen molar-refractivity contribution in [1.29, 1.82) is 0 Å². The van der Waals surface area contributed by atoms with E-state index in [0.717, 1.165) is 39.8 Å². The van der Waals surface area contributed by atoms with E-state index in [-0.39, 0.29) is 5.91 Å². The Morgan fingerprint density at radius 3 is 2.67 bits per heavy atom. The molecule has 0 aliphatic carbocycles. The Morgan fingerprint density at radius 2 is 1.93 bits per heavy atom. The first-order chi connectivity index (χ1) is 13.2. The molecule has 0 aliphatic rings. The highest BCUT2D eigenvalue weighted by molar-refractivity contribution is 6.02. The number of benzene rings is 2. The molecule has 27 heavy (non-hydrogen) atoms. The minimum Gasteiger partial charge on any atom is -0.359 e. The standard InChI is InChI=1S/C22H22N4O/c1-3-15-5-8-18(9-6-15)26-14-17(12-24-26)16-7-10-20-19(11-16)21(13-23-20)25-22(27)4-2/h5-14,23H,3-4H2,1-2H3,(H,25,27). The van der Waals surface area contributed by atoms with Crippen LogP contribution in [0, 0.1) is 0 Å². The average molecular weight is 358 g/mol. The van der Waals surface area contributed by atoms with Crippen LogP contribution in [-0.2, 0) is 11.2 Å². The van der Waals surface area contributed by atoms with Gasteiger partial charge in [-0.25, -0.2) is 4.68 Å². The van der Waals surface area contributed by atoms with Gasteiger partial charge in [-0.3, -0.25) is 4.79 Å². The van der Waals surface area contributed by atoms with Gasteiger partial charge in [0, 0.05) is 35.3 Å². The van der Waals surface area contributed by atoms with Gasteiger partial charge in [0.15, 0.2) is 0 Å². The smallest absolute Gasteiger partial charge is 0.224 e. The van der Waals surface area contributed by atoms with E-state index < -0.39 is 0 Å². The zero-order valence-electron chi connectivity index (χ0n) is 15.5. The SMILES string of the molecule is CCC(=O)Nc1c[nH]c2ccc(-c3cnn(-c4ccc(CC)cc4)c3)cc12. The second-order valence-electron chi connectivity index (χ2n) is 6.56. The summed E-state index contributed by atoms with van der Waals surface area (Å²) in [7, 11) is 0. The quantitative estimate of drug-likeness (QED) is 0.531. The van der Waals surface area contributed by atoms with Crippen LogP contribution in [0.25, 0.3) is 27.7 Å². The van der Waals surface area contributed by atoms with E-state index in [1.165, 1.54) is 5.56 Å². The molecule has 0 spiro atoms. The molecule has 0 atom stereocenters. The van der Waals surface area contributed by atoms with Crippen molar-refractivity contribution in [3.05, 3.63) is 66.6 Å². The number of rotatable bonds is 5. The third-order valence-corrected chi connectivity index (χ3v) is 4.80. The molecule has 2 aromatic carbocycles. The average Bonchev–Trinajstić information content (AvgIpc) is 3.35. The monoisotopic (exact) mass is 358 g/mol. The van der Waals surface area contributed by atoms with Crippen molar-refractivity contribution in [2.45, 2.75) is 26.7 Å². The fraction of sp³-hybridized carbons (Fsp3) is 0.182. The largest absolute Gasteiger partial charge is 0.359 e. The van der Waals surface area contributed by atoms with Gasteiger partial charge in [0.1, 0.15) is 0 Å². The highest BCUT2D eigenvalue weighted by Gasteiger charge is 2.09. The van der Waals surface area contributed by atoms with E-state index in [4.69, 9.17) is 0 Å². The maximum atomic E-state index is 11.7. The van der Waals surface area contributed by atoms with E-state index in [2.05, 4.69) is 58.7 Å². The zero-order chi connectivity index (χ0) is 18.8. The van der Waals surface area contributed by atoms with Crippen molar-refractivity contribution >= 4 is 22.5 Å². The predicted molar refractivity (Wildman–Crippen MR) is 109 cm³/mol. The van der Waals surface area contributed by atoms with Gasteiger partial charge < -0.3 is 10.3 Å². The van der Waals surface area contributed by atoms with Crippen molar-refractivity contribution in [2.24, 2.45) is 0 Å². The Morgan fingerprint density at radius 1 is 1.11 bits per heavy atom. The summed E-state index contributed by atoms with van der Waals surface area (Å²) in [5.74, 6) is 0.00430. The summed E-state index contributed by atoms with van der Waals surface area (Å²) < 4.78 is 1.88. The molecule has 2 aromatic heterocycles. The topological polar surface area (TPSA) is 62.7 Å². The third kappa shape index (κ3) is 3.36. The summed E-state index contributed by atoms with van der Waals surface area (Å²) in [4.78, 5) is 14.9. The van der Waals surface area contributed by atoms with Gasteiger partial charge in [-0.15, -0.1) is 0 Å². The molecule has 1 amide bonds. The van der Waals surface area contributed by atoms with Crippen LogP contribution in [0.4, 0.5) is 5.69 Å². The van der Waals surface area contributed by atoms with Crippen LogP contribution in [0.5, 0.6) is 0 Å². The molecule has 4 rings (SSSR count). The lowest BCUT2D eigenvalue weighted by Crippen LogP contribution is -2.08. The number of aromatic amines is 1. The van der Waals surface area contributed by atoms with E-state index in [9.17, 15) is 4.79 Å². The summed E-state index contributed by atoms with van der Waals surface area (Å²) in [6.45, 7) is 3.99. The molecule has 0 fully saturated rings. The highest BCUT2D eigenvalue weighted by Crippen LogP contribution is 2.29. The van der Waals surface area contributed by atoms with Crippen molar-refractivity contribution in [1.82, 2.24) is 14.8 Å². The Bertz CT molecular complexity index is 1090. The van der Waals surface area contributed by atoms with Crippen molar-refractivity contribution in [3.63, 3.8) is 0 Å². The molecular formula is C22H22N4O. The second kappa shape index (κ2) is 7.11. The number of hydrogen-bond acceptors (Lipinski definition) is 2. The van der Waals surface area contributed by atoms with Gasteiger partial charge >= 0.3 is 0 Å². The molecule has 0 bridgehead atoms. The summed E-state index contributed by atoms with van der Waals surface area (Å²) in [5.41, 5.74) is 6.24. The third-order valence-electron chi connectivity index (χ3n) is 4.80. The van der Waals surface area contributed by atoms with Crippen LogP contribution >= 0.6 is 0 Å². The zero-order valence-corrected chi connectivity index (χ0v) is 15.5. The number of anilines is 1. The van der Waals surface area contributed by atoms with Gasteiger partial charge in [-0.05, 0) is 41.8 Å². The van der Waals surface area contributed by atoms with E-state index in [1.54, 1.807) is 0 Å². The van der Waals surface area contributed by atoms with Crippen LogP contribution in [0.3, 0.4) is 0 Å². The lowest BCUT2D eigenvalue weighted by molar-refractivity contribution is -0.115. The normalized spacial score (nSPS) is 11.0. The maximum absolute atomic E-state index is 11.7. The van der Waals surface area contributed by atoms with Crippen LogP contribution in [0.2, 0.25) is 0 Å². The number of carbonyl (C=O) groups excluding carboxylic acids is 1. The van der Waals surface area contributed by atoms with Crippen LogP contribution < -0.4 is 5.32 Å². The predicted octanol–water partition coefficient (Wildman–Crippen LogP) is 4.93. The molecular weight excluding hydrogens is 336 g/mol. The minimum atomic E-state index is 0.00430. The molecule has 4 aromatic rings. The van der Waals surface area contributed by atoms with E-state index >= 15 is 0 Å². The van der Waals surface area contributed by atoms with Gasteiger partial charge in [0.25, 0.3) is 0 Å². The number of nitrogens with zero attached hydrogens (tertiary/aromatic N) is 2. The number of aryl methyl sites for hydroxylation is 1. The number of H-pyrrole nitrogens is 1. The molecule has 0 aliphatic heterocycles. The fourth-order valence-electron chi connectivity index (χ4n) is 3.14. The molecule has 0 radical (unpaired) electrons. The Labute approximate surface area is 158 Å². The van der Waals surface area contributed by atoms with Crippen molar-refractivity contribution in [3.8, 4) is 16.8 Å². The first-order valence-electron chi connectivity index (χ1n) is 9.23. The fourth-order valence-corrected chi connectivity index (χ4v) is 3.14. The summed E-state index contributed by atoms with van der Waals surface area (Å²) in [6, 6.07) is 14.6. The Kier molecular flexibility index (Phi) is 4.50. The minimum absolute atomic E-state index is 0.00430. The van der Waals surface area contributed by atoms with Crippen LogP contribution in [-0.4, -0.2) is 20.7 Å². The number of hydrogen-bond donors (Lipinski definition) is 2. The highest BCUT2D eigenvalue weighted by atomic mass is 16.1. The molecule has 2 heterocycles. The van der Waals surface area contributed by atoms with Crippen LogP contribution in [0.1, 0.15) is 25.8 Å². The number of carbonyl (C=O) groups is 1. The first kappa shape index (κ1) is 17.1. The van der Waals surface area contributed by atoms with Gasteiger partial charge in [-0.2, -0.15) is 5.10 Å². The lowest BCUT2D eigenvalue weighted by Gasteiger charge is -2.04. The van der Waals surface area contributed by atoms with Crippen LogP contribution in [0.15, 0.2) is 61.1 Å². The van der Waals surface area contributed by atoms with Gasteiger partial charge in [0.05, 0.1) is 17.6 Å². The number of amides is 1. The van der Waals surface area contributed by atoms with E-state index in [0.29, 0.717) is 6.42 Å². The maximum Gasteiger partial charge on any atom is 0.224 e.